The molecule has 3 rings (SSSR count). The van der Waals surface area contributed by atoms with Crippen molar-refractivity contribution in [2.24, 2.45) is 0 Å². The van der Waals surface area contributed by atoms with Crippen molar-refractivity contribution in [3.8, 4) is 0 Å². The second-order valence-electron chi connectivity index (χ2n) is 4.05. The van der Waals surface area contributed by atoms with Crippen LogP contribution in [0.15, 0.2) is 30.5 Å². The Morgan fingerprint density at radius 3 is 3.00 bits per heavy atom. The largest absolute Gasteiger partial charge is 0.368 e. The predicted octanol–water partition coefficient (Wildman–Crippen LogP) is 1.29. The molecule has 19 heavy (non-hydrogen) atoms. The predicted molar refractivity (Wildman–Crippen MR) is 68.5 cm³/mol. The topological polar surface area (TPSA) is 84.1 Å². The third kappa shape index (κ3) is 1.95. The number of anilines is 4. The zero-order valence-corrected chi connectivity index (χ0v) is 9.80. The van der Waals surface area contributed by atoms with Crippen LogP contribution in [0.4, 0.5) is 27.5 Å². The molecule has 0 saturated carbocycles. The number of nitrogens with one attached hydrogen (secondary N) is 1. The molecule has 2 aromatic rings. The van der Waals surface area contributed by atoms with Gasteiger partial charge in [-0.3, -0.25) is 4.79 Å². The Kier molecular flexibility index (Phi) is 2.52. The average molecular weight is 259 g/mol. The van der Waals surface area contributed by atoms with E-state index in [9.17, 15) is 9.18 Å². The number of nitrogens with two attached hydrogens (primary N) is 1. The fourth-order valence-corrected chi connectivity index (χ4v) is 1.98. The van der Waals surface area contributed by atoms with Gasteiger partial charge in [0.15, 0.2) is 11.6 Å². The first-order valence-corrected chi connectivity index (χ1v) is 5.59. The minimum Gasteiger partial charge on any atom is -0.368 e. The van der Waals surface area contributed by atoms with Crippen molar-refractivity contribution < 1.29 is 9.18 Å². The van der Waals surface area contributed by atoms with Crippen LogP contribution in [0.3, 0.4) is 0 Å². The van der Waals surface area contributed by atoms with Gasteiger partial charge in [-0.15, -0.1) is 0 Å². The highest BCUT2D eigenvalue weighted by Gasteiger charge is 2.26. The van der Waals surface area contributed by atoms with Crippen molar-refractivity contribution in [2.45, 2.75) is 0 Å². The molecular weight excluding hydrogens is 249 g/mol. The van der Waals surface area contributed by atoms with Gasteiger partial charge in [0.25, 0.3) is 0 Å². The van der Waals surface area contributed by atoms with Crippen LogP contribution in [0.2, 0.25) is 0 Å². The van der Waals surface area contributed by atoms with Gasteiger partial charge in [0.2, 0.25) is 11.9 Å². The second kappa shape index (κ2) is 4.20. The fraction of sp³-hybridized carbons (Fsp3) is 0.0833. The molecule has 96 valence electrons. The summed E-state index contributed by atoms with van der Waals surface area (Å²) in [6.07, 6.45) is 0.993. The van der Waals surface area contributed by atoms with E-state index in [1.165, 1.54) is 4.90 Å². The molecular formula is C12H10FN5O. The van der Waals surface area contributed by atoms with E-state index in [0.717, 1.165) is 6.20 Å². The molecule has 0 saturated heterocycles. The summed E-state index contributed by atoms with van der Waals surface area (Å²) in [6.45, 7) is -0.0234. The lowest BCUT2D eigenvalue weighted by Crippen LogP contribution is -2.36. The smallest absolute Gasteiger partial charge is 0.244 e. The molecule has 1 aromatic carbocycles. The van der Waals surface area contributed by atoms with Gasteiger partial charge in [0, 0.05) is 0 Å². The van der Waals surface area contributed by atoms with Crippen molar-refractivity contribution in [2.75, 3.05) is 22.5 Å². The number of nitrogen functional groups attached to an aromatic ring is 1. The van der Waals surface area contributed by atoms with Gasteiger partial charge >= 0.3 is 0 Å². The van der Waals surface area contributed by atoms with E-state index in [4.69, 9.17) is 5.73 Å². The quantitative estimate of drug-likeness (QED) is 0.806. The van der Waals surface area contributed by atoms with Gasteiger partial charge in [0.05, 0.1) is 17.6 Å². The van der Waals surface area contributed by atoms with Crippen molar-refractivity contribution >= 4 is 29.0 Å². The van der Waals surface area contributed by atoms with E-state index >= 15 is 0 Å². The third-order valence-corrected chi connectivity index (χ3v) is 2.77. The van der Waals surface area contributed by atoms with E-state index < -0.39 is 5.82 Å². The maximum atomic E-state index is 13.8. The SMILES string of the molecule is Nc1ncc(F)c(N2CC(=O)Nc3ccccc32)n1. The van der Waals surface area contributed by atoms with Crippen LogP contribution in [0.1, 0.15) is 0 Å². The minimum atomic E-state index is -0.626. The first-order valence-electron chi connectivity index (χ1n) is 5.59. The van der Waals surface area contributed by atoms with Gasteiger partial charge in [0.1, 0.15) is 6.54 Å². The lowest BCUT2D eigenvalue weighted by atomic mass is 10.2. The minimum absolute atomic E-state index is 0.00481. The van der Waals surface area contributed by atoms with Gasteiger partial charge < -0.3 is 16.0 Å². The standard InChI is InChI=1S/C12H10FN5O/c13-7-5-15-12(14)17-11(7)18-6-10(19)16-8-3-1-2-4-9(8)18/h1-5H,6H2,(H,16,19)(H2,14,15,17). The van der Waals surface area contributed by atoms with Gasteiger partial charge in [-0.05, 0) is 12.1 Å². The van der Waals surface area contributed by atoms with Crippen LogP contribution < -0.4 is 16.0 Å². The zero-order chi connectivity index (χ0) is 13.4. The molecule has 0 aliphatic carbocycles. The number of hydrogen-bond donors (Lipinski definition) is 2. The number of benzene rings is 1. The van der Waals surface area contributed by atoms with Crippen LogP contribution in [-0.4, -0.2) is 22.4 Å². The van der Waals surface area contributed by atoms with Crippen molar-refractivity contribution in [1.82, 2.24) is 9.97 Å². The van der Waals surface area contributed by atoms with Gasteiger partial charge in [-0.1, -0.05) is 12.1 Å². The number of nitrogens with zero attached hydrogens (tertiary/aromatic N) is 3. The number of hydrogen-bond acceptors (Lipinski definition) is 5. The summed E-state index contributed by atoms with van der Waals surface area (Å²) in [6, 6.07) is 7.09. The number of para-hydroxylation sites is 2. The second-order valence-corrected chi connectivity index (χ2v) is 4.05. The summed E-state index contributed by atoms with van der Waals surface area (Å²) in [5.74, 6) is -0.913. The summed E-state index contributed by atoms with van der Waals surface area (Å²) in [5.41, 5.74) is 6.75. The number of amides is 1. The molecule has 6 nitrogen and oxygen atoms in total. The van der Waals surface area contributed by atoms with Crippen LogP contribution in [0, 0.1) is 5.82 Å². The average Bonchev–Trinajstić information content (AvgIpc) is 2.40. The van der Waals surface area contributed by atoms with E-state index in [1.54, 1.807) is 24.3 Å². The lowest BCUT2D eigenvalue weighted by molar-refractivity contribution is -0.115. The number of rotatable bonds is 1. The maximum absolute atomic E-state index is 13.8. The van der Waals surface area contributed by atoms with Gasteiger partial charge in [-0.2, -0.15) is 4.98 Å². The summed E-state index contributed by atoms with van der Waals surface area (Å²) in [4.78, 5) is 20.6. The summed E-state index contributed by atoms with van der Waals surface area (Å²) in [5, 5.41) is 2.72. The molecule has 0 unspecified atom stereocenters. The first kappa shape index (κ1) is 11.4. The molecule has 0 bridgehead atoms. The highest BCUT2D eigenvalue weighted by atomic mass is 19.1. The highest BCUT2D eigenvalue weighted by molar-refractivity contribution is 6.02. The van der Waals surface area contributed by atoms with E-state index in [2.05, 4.69) is 15.3 Å². The molecule has 0 fully saturated rings. The number of fused-ring (bicyclic) bond motifs is 1. The number of halogens is 1. The van der Waals surface area contributed by atoms with Crippen molar-refractivity contribution in [3.05, 3.63) is 36.3 Å². The van der Waals surface area contributed by atoms with E-state index in [-0.39, 0.29) is 24.2 Å². The Bertz CT molecular complexity index is 660. The zero-order valence-electron chi connectivity index (χ0n) is 9.80. The molecule has 1 aliphatic rings. The van der Waals surface area contributed by atoms with Gasteiger partial charge in [-0.25, -0.2) is 9.37 Å². The number of carbonyl (C=O) groups is 1. The molecule has 3 N–H and O–H groups in total. The highest BCUT2D eigenvalue weighted by Crippen LogP contribution is 2.34. The van der Waals surface area contributed by atoms with Crippen molar-refractivity contribution in [1.29, 1.82) is 0 Å². The molecule has 0 radical (unpaired) electrons. The van der Waals surface area contributed by atoms with Crippen molar-refractivity contribution in [3.63, 3.8) is 0 Å². The van der Waals surface area contributed by atoms with Crippen LogP contribution in [-0.2, 0) is 4.79 Å². The lowest BCUT2D eigenvalue weighted by Gasteiger charge is -2.29. The number of carbonyl (C=O) groups excluding carboxylic acids is 1. The summed E-state index contributed by atoms with van der Waals surface area (Å²) < 4.78 is 13.8. The Labute approximate surface area is 108 Å². The van der Waals surface area contributed by atoms with E-state index in [1.807, 2.05) is 0 Å². The maximum Gasteiger partial charge on any atom is 0.244 e. The Morgan fingerprint density at radius 1 is 1.37 bits per heavy atom. The van der Waals surface area contributed by atoms with E-state index in [0.29, 0.717) is 11.4 Å². The van der Waals surface area contributed by atoms with Crippen LogP contribution in [0.5, 0.6) is 0 Å². The third-order valence-electron chi connectivity index (χ3n) is 2.77. The monoisotopic (exact) mass is 259 g/mol. The molecule has 1 aromatic heterocycles. The van der Waals surface area contributed by atoms with Crippen LogP contribution in [0.25, 0.3) is 0 Å². The molecule has 0 spiro atoms. The molecule has 7 heteroatoms. The Morgan fingerprint density at radius 2 is 2.16 bits per heavy atom. The molecule has 1 amide bonds. The Balaban J connectivity index is 2.15. The molecule has 2 heterocycles. The summed E-state index contributed by atoms with van der Waals surface area (Å²) >= 11 is 0. The van der Waals surface area contributed by atoms with Crippen LogP contribution >= 0.6 is 0 Å². The fourth-order valence-electron chi connectivity index (χ4n) is 1.98. The molecule has 0 atom stereocenters. The normalized spacial score (nSPS) is 13.9. The molecule has 1 aliphatic heterocycles. The first-order chi connectivity index (χ1) is 9.15. The summed E-state index contributed by atoms with van der Waals surface area (Å²) in [7, 11) is 0. The Hall–Kier alpha value is -2.70. The number of aromatic nitrogens is 2.